The Hall–Kier alpha value is -1.77. The molecule has 0 aromatic heterocycles. The molecule has 1 unspecified atom stereocenters. The lowest BCUT2D eigenvalue weighted by molar-refractivity contribution is -0.137. The number of hydrogen-bond acceptors (Lipinski definition) is 5. The van der Waals surface area contributed by atoms with Gasteiger partial charge in [-0.2, -0.15) is 4.31 Å². The van der Waals surface area contributed by atoms with E-state index in [1.807, 2.05) is 6.92 Å². The summed E-state index contributed by atoms with van der Waals surface area (Å²) in [6.07, 6.45) is 1.40. The van der Waals surface area contributed by atoms with Crippen LogP contribution in [0.4, 0.5) is 0 Å². The molecular weight excluding hydrogens is 354 g/mol. The highest BCUT2D eigenvalue weighted by Gasteiger charge is 2.36. The van der Waals surface area contributed by atoms with E-state index < -0.39 is 15.6 Å². The second-order valence-corrected chi connectivity index (χ2v) is 8.88. The molecule has 8 heteroatoms. The molecule has 0 saturated carbocycles. The topological polar surface area (TPSA) is 101 Å². The zero-order valence-electron chi connectivity index (χ0n) is 15.6. The van der Waals surface area contributed by atoms with Gasteiger partial charge in [-0.25, -0.2) is 8.42 Å². The number of carbonyl (C=O) groups is 2. The first-order valence-corrected chi connectivity index (χ1v) is 10.2. The Morgan fingerprint density at radius 3 is 2.12 bits per heavy atom. The van der Waals surface area contributed by atoms with Crippen molar-refractivity contribution in [3.63, 3.8) is 0 Å². The predicted octanol–water partition coefficient (Wildman–Crippen LogP) is 1.24. The van der Waals surface area contributed by atoms with E-state index in [9.17, 15) is 18.0 Å². The zero-order chi connectivity index (χ0) is 19.5. The van der Waals surface area contributed by atoms with Crippen LogP contribution in [0.25, 0.3) is 0 Å². The maximum Gasteiger partial charge on any atom is 0.243 e. The summed E-state index contributed by atoms with van der Waals surface area (Å²) in [5.41, 5.74) is 5.65. The van der Waals surface area contributed by atoms with Crippen LogP contribution >= 0.6 is 0 Å². The van der Waals surface area contributed by atoms with Crippen molar-refractivity contribution in [1.82, 2.24) is 9.21 Å². The van der Waals surface area contributed by atoms with Crippen molar-refractivity contribution in [2.75, 3.05) is 26.2 Å². The molecular formula is C18H27N3O4S. The highest BCUT2D eigenvalue weighted by atomic mass is 32.2. The van der Waals surface area contributed by atoms with Gasteiger partial charge in [0.25, 0.3) is 0 Å². The average Bonchev–Trinajstić information content (AvgIpc) is 2.61. The Balaban J connectivity index is 2.06. The standard InChI is InChI=1S/C18H27N3O4S/c1-4-9-18(3,19)17(23)20-10-12-21(13-11-20)26(24,25)16-7-5-15(6-8-16)14(2)22/h5-8H,4,9-13,19H2,1-3H3. The van der Waals surface area contributed by atoms with Crippen molar-refractivity contribution in [3.05, 3.63) is 29.8 Å². The van der Waals surface area contributed by atoms with Crippen LogP contribution in [0.2, 0.25) is 0 Å². The van der Waals surface area contributed by atoms with Crippen LogP contribution in [0.1, 0.15) is 44.0 Å². The van der Waals surface area contributed by atoms with Gasteiger partial charge >= 0.3 is 0 Å². The number of carbonyl (C=O) groups excluding carboxylic acids is 2. The van der Waals surface area contributed by atoms with E-state index in [1.165, 1.54) is 35.5 Å². The molecule has 1 aromatic carbocycles. The molecule has 1 aliphatic heterocycles. The molecule has 1 heterocycles. The number of amides is 1. The van der Waals surface area contributed by atoms with Crippen LogP contribution in [0.5, 0.6) is 0 Å². The van der Waals surface area contributed by atoms with Crippen LogP contribution in [0.3, 0.4) is 0 Å². The normalized spacial score (nSPS) is 18.4. The number of benzene rings is 1. The number of hydrogen-bond donors (Lipinski definition) is 1. The SMILES string of the molecule is CCCC(C)(N)C(=O)N1CCN(S(=O)(=O)c2ccc(C(C)=O)cc2)CC1. The number of nitrogens with two attached hydrogens (primary N) is 1. The maximum atomic E-state index is 12.8. The number of Topliss-reactive ketones (excluding diaryl/α,β-unsaturated/α-hetero) is 1. The molecule has 0 aliphatic carbocycles. The van der Waals surface area contributed by atoms with E-state index in [1.54, 1.807) is 11.8 Å². The lowest BCUT2D eigenvalue weighted by Gasteiger charge is -2.37. The average molecular weight is 381 g/mol. The Morgan fingerprint density at radius 2 is 1.65 bits per heavy atom. The smallest absolute Gasteiger partial charge is 0.243 e. The van der Waals surface area contributed by atoms with Gasteiger partial charge in [0.15, 0.2) is 5.78 Å². The molecule has 2 N–H and O–H groups in total. The minimum absolute atomic E-state index is 0.113. The summed E-state index contributed by atoms with van der Waals surface area (Å²) in [6.45, 7) is 6.22. The third-order valence-corrected chi connectivity index (χ3v) is 6.60. The fourth-order valence-electron chi connectivity index (χ4n) is 3.13. The van der Waals surface area contributed by atoms with Crippen LogP contribution < -0.4 is 5.73 Å². The Morgan fingerprint density at radius 1 is 1.12 bits per heavy atom. The Labute approximate surface area is 155 Å². The van der Waals surface area contributed by atoms with Gasteiger partial charge in [-0.05, 0) is 32.4 Å². The van der Waals surface area contributed by atoms with Crippen LogP contribution in [-0.2, 0) is 14.8 Å². The van der Waals surface area contributed by atoms with E-state index in [0.29, 0.717) is 25.1 Å². The lowest BCUT2D eigenvalue weighted by atomic mass is 9.95. The lowest BCUT2D eigenvalue weighted by Crippen LogP contribution is -2.58. The van der Waals surface area contributed by atoms with E-state index in [0.717, 1.165) is 6.42 Å². The summed E-state index contributed by atoms with van der Waals surface area (Å²) in [5, 5.41) is 0. The highest BCUT2D eigenvalue weighted by molar-refractivity contribution is 7.89. The molecule has 0 radical (unpaired) electrons. The van der Waals surface area contributed by atoms with Gasteiger partial charge in [0.2, 0.25) is 15.9 Å². The van der Waals surface area contributed by atoms with E-state index in [4.69, 9.17) is 5.73 Å². The summed E-state index contributed by atoms with van der Waals surface area (Å²) in [4.78, 5) is 25.7. The third kappa shape index (κ3) is 4.31. The van der Waals surface area contributed by atoms with Gasteiger partial charge in [-0.1, -0.05) is 25.5 Å². The minimum atomic E-state index is -3.65. The summed E-state index contributed by atoms with van der Waals surface area (Å²) < 4.78 is 26.9. The summed E-state index contributed by atoms with van der Waals surface area (Å²) in [6, 6.07) is 5.92. The van der Waals surface area contributed by atoms with Crippen LogP contribution in [0.15, 0.2) is 29.2 Å². The second kappa shape index (κ2) is 7.85. The van der Waals surface area contributed by atoms with Gasteiger partial charge in [0.1, 0.15) is 0 Å². The van der Waals surface area contributed by atoms with Gasteiger partial charge in [-0.15, -0.1) is 0 Å². The number of piperazine rings is 1. The monoisotopic (exact) mass is 381 g/mol. The summed E-state index contributed by atoms with van der Waals surface area (Å²) in [5.74, 6) is -0.250. The molecule has 26 heavy (non-hydrogen) atoms. The molecule has 0 bridgehead atoms. The molecule has 1 amide bonds. The van der Waals surface area contributed by atoms with Gasteiger partial charge in [0, 0.05) is 31.7 Å². The zero-order valence-corrected chi connectivity index (χ0v) is 16.4. The van der Waals surface area contributed by atoms with E-state index in [2.05, 4.69) is 0 Å². The predicted molar refractivity (Wildman–Crippen MR) is 99.3 cm³/mol. The Bertz CT molecular complexity index is 764. The number of nitrogens with zero attached hydrogens (tertiary/aromatic N) is 2. The molecule has 1 aromatic rings. The molecule has 1 atom stereocenters. The molecule has 0 spiro atoms. The summed E-state index contributed by atoms with van der Waals surface area (Å²) in [7, 11) is -3.65. The van der Waals surface area contributed by atoms with Crippen molar-refractivity contribution >= 4 is 21.7 Å². The van der Waals surface area contributed by atoms with E-state index >= 15 is 0 Å². The number of sulfonamides is 1. The molecule has 1 fully saturated rings. The molecule has 1 aliphatic rings. The van der Waals surface area contributed by atoms with Crippen molar-refractivity contribution in [2.24, 2.45) is 5.73 Å². The second-order valence-electron chi connectivity index (χ2n) is 6.94. The van der Waals surface area contributed by atoms with Crippen molar-refractivity contribution in [1.29, 1.82) is 0 Å². The highest BCUT2D eigenvalue weighted by Crippen LogP contribution is 2.20. The molecule has 1 saturated heterocycles. The van der Waals surface area contributed by atoms with E-state index in [-0.39, 0.29) is 29.7 Å². The Kier molecular flexibility index (Phi) is 6.21. The van der Waals surface area contributed by atoms with Crippen molar-refractivity contribution in [2.45, 2.75) is 44.0 Å². The first-order valence-electron chi connectivity index (χ1n) is 8.79. The largest absolute Gasteiger partial charge is 0.338 e. The number of rotatable bonds is 6. The molecule has 2 rings (SSSR count). The fraction of sp³-hybridized carbons (Fsp3) is 0.556. The summed E-state index contributed by atoms with van der Waals surface area (Å²) >= 11 is 0. The van der Waals surface area contributed by atoms with Crippen LogP contribution in [-0.4, -0.2) is 61.0 Å². The van der Waals surface area contributed by atoms with Crippen LogP contribution in [0, 0.1) is 0 Å². The number of ketones is 1. The van der Waals surface area contributed by atoms with Crippen molar-refractivity contribution in [3.8, 4) is 0 Å². The molecule has 7 nitrogen and oxygen atoms in total. The molecule has 144 valence electrons. The van der Waals surface area contributed by atoms with Crippen molar-refractivity contribution < 1.29 is 18.0 Å². The quantitative estimate of drug-likeness (QED) is 0.747. The fourth-order valence-corrected chi connectivity index (χ4v) is 4.55. The van der Waals surface area contributed by atoms with Gasteiger partial charge < -0.3 is 10.6 Å². The first kappa shape index (κ1) is 20.5. The first-order chi connectivity index (χ1) is 12.1. The minimum Gasteiger partial charge on any atom is -0.338 e. The van der Waals surface area contributed by atoms with Gasteiger partial charge in [-0.3, -0.25) is 9.59 Å². The van der Waals surface area contributed by atoms with Gasteiger partial charge in [0.05, 0.1) is 10.4 Å². The third-order valence-electron chi connectivity index (χ3n) is 4.68. The maximum absolute atomic E-state index is 12.8.